The lowest BCUT2D eigenvalue weighted by atomic mass is 10.4. The molecule has 11 heavy (non-hydrogen) atoms. The molecule has 0 radical (unpaired) electrons. The molecule has 4 nitrogen and oxygen atoms in total. The van der Waals surface area contributed by atoms with E-state index < -0.39 is 0 Å². The third-order valence-corrected chi connectivity index (χ3v) is 1.01. The number of hydrazone groups is 1. The SMILES string of the molecule is O=CNN=Cc1ccccn1. The molecule has 0 fully saturated rings. The third kappa shape index (κ3) is 2.57. The van der Waals surface area contributed by atoms with E-state index in [0.29, 0.717) is 12.1 Å². The standard InChI is InChI=1S/C7H7N3O/c11-6-10-9-5-7-3-1-2-4-8-7/h1-6H,(H,10,11). The first-order valence-electron chi connectivity index (χ1n) is 3.07. The fraction of sp³-hybridized carbons (Fsp3) is 0. The molecular weight excluding hydrogens is 142 g/mol. The van der Waals surface area contributed by atoms with E-state index in [0.717, 1.165) is 0 Å². The van der Waals surface area contributed by atoms with Crippen LogP contribution in [0.15, 0.2) is 29.5 Å². The molecule has 0 saturated heterocycles. The molecule has 1 aromatic rings. The highest BCUT2D eigenvalue weighted by molar-refractivity contribution is 5.77. The van der Waals surface area contributed by atoms with Crippen molar-refractivity contribution in [3.05, 3.63) is 30.1 Å². The Balaban J connectivity index is 2.57. The second-order valence-electron chi connectivity index (χ2n) is 1.76. The van der Waals surface area contributed by atoms with Gasteiger partial charge in [0, 0.05) is 6.20 Å². The smallest absolute Gasteiger partial charge is 0.227 e. The summed E-state index contributed by atoms with van der Waals surface area (Å²) >= 11 is 0. The number of rotatable bonds is 3. The number of pyridine rings is 1. The number of hydrogen-bond acceptors (Lipinski definition) is 3. The predicted molar refractivity (Wildman–Crippen MR) is 41.0 cm³/mol. The molecule has 0 saturated carbocycles. The molecule has 0 unspecified atom stereocenters. The molecule has 0 bridgehead atoms. The topological polar surface area (TPSA) is 54.4 Å². The summed E-state index contributed by atoms with van der Waals surface area (Å²) in [5, 5.41) is 3.55. The van der Waals surface area contributed by atoms with E-state index in [1.807, 2.05) is 12.1 Å². The Morgan fingerprint density at radius 3 is 3.09 bits per heavy atom. The van der Waals surface area contributed by atoms with Gasteiger partial charge in [0.1, 0.15) is 0 Å². The minimum Gasteiger partial charge on any atom is -0.277 e. The number of carbonyl (C=O) groups is 1. The summed E-state index contributed by atoms with van der Waals surface area (Å²) < 4.78 is 0. The molecule has 0 aliphatic heterocycles. The van der Waals surface area contributed by atoms with Gasteiger partial charge in [0.25, 0.3) is 0 Å². The summed E-state index contributed by atoms with van der Waals surface area (Å²) in [4.78, 5) is 13.7. The van der Waals surface area contributed by atoms with Crippen LogP contribution in [0, 0.1) is 0 Å². The summed E-state index contributed by atoms with van der Waals surface area (Å²) in [6, 6.07) is 5.44. The van der Waals surface area contributed by atoms with Crippen LogP contribution in [0.5, 0.6) is 0 Å². The van der Waals surface area contributed by atoms with Gasteiger partial charge in [-0.2, -0.15) is 5.10 Å². The Morgan fingerprint density at radius 2 is 2.45 bits per heavy atom. The predicted octanol–water partition coefficient (Wildman–Crippen LogP) is 0.161. The lowest BCUT2D eigenvalue weighted by Crippen LogP contribution is -2.00. The quantitative estimate of drug-likeness (QED) is 0.378. The summed E-state index contributed by atoms with van der Waals surface area (Å²) in [5.41, 5.74) is 2.86. The van der Waals surface area contributed by atoms with Crippen molar-refractivity contribution in [2.45, 2.75) is 0 Å². The number of aromatic nitrogens is 1. The van der Waals surface area contributed by atoms with Gasteiger partial charge < -0.3 is 0 Å². The van der Waals surface area contributed by atoms with Gasteiger partial charge in [-0.3, -0.25) is 9.78 Å². The number of amides is 1. The molecule has 0 aromatic carbocycles. The maximum atomic E-state index is 9.75. The van der Waals surface area contributed by atoms with Gasteiger partial charge in [-0.1, -0.05) is 6.07 Å². The van der Waals surface area contributed by atoms with Crippen LogP contribution in [0.2, 0.25) is 0 Å². The van der Waals surface area contributed by atoms with Crippen LogP contribution in [0.25, 0.3) is 0 Å². The van der Waals surface area contributed by atoms with Crippen molar-refractivity contribution in [3.63, 3.8) is 0 Å². The van der Waals surface area contributed by atoms with Crippen molar-refractivity contribution < 1.29 is 4.79 Å². The zero-order chi connectivity index (χ0) is 7.94. The van der Waals surface area contributed by atoms with Crippen molar-refractivity contribution in [3.8, 4) is 0 Å². The summed E-state index contributed by atoms with van der Waals surface area (Å²) in [5.74, 6) is 0. The third-order valence-electron chi connectivity index (χ3n) is 1.01. The Morgan fingerprint density at radius 1 is 1.55 bits per heavy atom. The minimum atomic E-state index is 0.499. The van der Waals surface area contributed by atoms with Crippen LogP contribution >= 0.6 is 0 Å². The Kier molecular flexibility index (Phi) is 2.80. The molecule has 1 rings (SSSR count). The van der Waals surface area contributed by atoms with Crippen LogP contribution in [-0.4, -0.2) is 17.6 Å². The molecule has 1 N–H and O–H groups in total. The summed E-state index contributed by atoms with van der Waals surface area (Å²) in [7, 11) is 0. The molecule has 0 aliphatic carbocycles. The van der Waals surface area contributed by atoms with Gasteiger partial charge >= 0.3 is 0 Å². The first kappa shape index (κ1) is 7.40. The highest BCUT2D eigenvalue weighted by atomic mass is 16.1. The molecule has 1 heterocycles. The largest absolute Gasteiger partial charge is 0.277 e. The van der Waals surface area contributed by atoms with E-state index in [4.69, 9.17) is 0 Å². The number of carbonyl (C=O) groups excluding carboxylic acids is 1. The number of nitrogens with zero attached hydrogens (tertiary/aromatic N) is 2. The highest BCUT2D eigenvalue weighted by Gasteiger charge is 1.82. The van der Waals surface area contributed by atoms with E-state index in [1.54, 1.807) is 12.3 Å². The summed E-state index contributed by atoms with van der Waals surface area (Å²) in [6.45, 7) is 0. The van der Waals surface area contributed by atoms with Crippen molar-refractivity contribution in [1.29, 1.82) is 0 Å². The molecule has 1 aromatic heterocycles. The number of nitrogens with one attached hydrogen (secondary N) is 1. The minimum absolute atomic E-state index is 0.499. The van der Waals surface area contributed by atoms with E-state index in [1.165, 1.54) is 6.21 Å². The van der Waals surface area contributed by atoms with Crippen molar-refractivity contribution in [2.24, 2.45) is 5.10 Å². The van der Waals surface area contributed by atoms with Gasteiger partial charge in [0.05, 0.1) is 11.9 Å². The normalized spacial score (nSPS) is 9.82. The van der Waals surface area contributed by atoms with Crippen molar-refractivity contribution in [2.75, 3.05) is 0 Å². The Labute approximate surface area is 64.0 Å². The van der Waals surface area contributed by atoms with E-state index in [-0.39, 0.29) is 0 Å². The average molecular weight is 149 g/mol. The van der Waals surface area contributed by atoms with Crippen molar-refractivity contribution >= 4 is 12.6 Å². The lowest BCUT2D eigenvalue weighted by Gasteiger charge is -1.87. The first-order chi connectivity index (χ1) is 5.43. The Hall–Kier alpha value is -1.71. The van der Waals surface area contributed by atoms with E-state index in [9.17, 15) is 4.79 Å². The van der Waals surface area contributed by atoms with Crippen LogP contribution in [0.1, 0.15) is 5.69 Å². The monoisotopic (exact) mass is 149 g/mol. The summed E-state index contributed by atoms with van der Waals surface area (Å²) in [6.07, 6.45) is 3.62. The van der Waals surface area contributed by atoms with Gasteiger partial charge in [0.2, 0.25) is 6.41 Å². The fourth-order valence-corrected chi connectivity index (χ4v) is 0.586. The van der Waals surface area contributed by atoms with Gasteiger partial charge in [-0.15, -0.1) is 0 Å². The van der Waals surface area contributed by atoms with Crippen LogP contribution in [0.3, 0.4) is 0 Å². The van der Waals surface area contributed by atoms with E-state index in [2.05, 4.69) is 15.5 Å². The highest BCUT2D eigenvalue weighted by Crippen LogP contribution is 1.86. The number of hydrogen-bond donors (Lipinski definition) is 1. The molecule has 0 spiro atoms. The van der Waals surface area contributed by atoms with Gasteiger partial charge in [0.15, 0.2) is 0 Å². The molecule has 4 heteroatoms. The van der Waals surface area contributed by atoms with Crippen LogP contribution in [0.4, 0.5) is 0 Å². The molecule has 1 amide bonds. The average Bonchev–Trinajstić information content (AvgIpc) is 2.07. The molecule has 0 atom stereocenters. The van der Waals surface area contributed by atoms with Crippen LogP contribution in [-0.2, 0) is 4.79 Å². The molecular formula is C7H7N3O. The second kappa shape index (κ2) is 4.16. The van der Waals surface area contributed by atoms with Gasteiger partial charge in [-0.05, 0) is 12.1 Å². The zero-order valence-electron chi connectivity index (χ0n) is 5.77. The van der Waals surface area contributed by atoms with E-state index >= 15 is 0 Å². The molecule has 0 aliphatic rings. The van der Waals surface area contributed by atoms with Gasteiger partial charge in [-0.25, -0.2) is 5.43 Å². The zero-order valence-corrected chi connectivity index (χ0v) is 5.77. The van der Waals surface area contributed by atoms with Crippen LogP contribution < -0.4 is 5.43 Å². The van der Waals surface area contributed by atoms with Crippen molar-refractivity contribution in [1.82, 2.24) is 10.4 Å². The maximum Gasteiger partial charge on any atom is 0.227 e. The fourth-order valence-electron chi connectivity index (χ4n) is 0.586. The maximum absolute atomic E-state index is 9.75. The lowest BCUT2D eigenvalue weighted by molar-refractivity contribution is -0.109. The Bertz CT molecular complexity index is 245. The second-order valence-corrected chi connectivity index (χ2v) is 1.76. The molecule has 56 valence electrons. The first-order valence-corrected chi connectivity index (χ1v) is 3.07.